The highest BCUT2D eigenvalue weighted by molar-refractivity contribution is 5.03. The molecule has 1 fully saturated rings. The van der Waals surface area contributed by atoms with Crippen molar-refractivity contribution in [3.8, 4) is 0 Å². The van der Waals surface area contributed by atoms with E-state index in [1.165, 1.54) is 0 Å². The van der Waals surface area contributed by atoms with Crippen LogP contribution in [0.25, 0.3) is 0 Å². The highest BCUT2D eigenvalue weighted by atomic mass is 16.7. The zero-order valence-corrected chi connectivity index (χ0v) is 10.9. The van der Waals surface area contributed by atoms with Gasteiger partial charge in [0, 0.05) is 24.8 Å². The number of nitrogens with one attached hydrogen (secondary N) is 1. The van der Waals surface area contributed by atoms with E-state index in [9.17, 15) is 0 Å². The number of rotatable bonds is 6. The van der Waals surface area contributed by atoms with Crippen LogP contribution in [-0.4, -0.2) is 46.5 Å². The fourth-order valence-electron chi connectivity index (χ4n) is 1.96. The van der Waals surface area contributed by atoms with Crippen LogP contribution in [-0.2, 0) is 22.6 Å². The van der Waals surface area contributed by atoms with Crippen LogP contribution in [0.2, 0.25) is 0 Å². The molecule has 0 spiro atoms. The first-order valence-corrected chi connectivity index (χ1v) is 6.24. The normalized spacial score (nSPS) is 22.5. The predicted molar refractivity (Wildman–Crippen MR) is 65.9 cm³/mol. The molecule has 0 amide bonds. The largest absolute Gasteiger partial charge is 0.394 e. The van der Waals surface area contributed by atoms with Gasteiger partial charge in [0.1, 0.15) is 0 Å². The van der Waals surface area contributed by atoms with Crippen molar-refractivity contribution in [2.24, 2.45) is 0 Å². The van der Waals surface area contributed by atoms with Crippen molar-refractivity contribution in [1.29, 1.82) is 0 Å². The van der Waals surface area contributed by atoms with Gasteiger partial charge in [-0.2, -0.15) is 5.10 Å². The molecular formula is C12H21N3O3. The Morgan fingerprint density at radius 3 is 3.11 bits per heavy atom. The summed E-state index contributed by atoms with van der Waals surface area (Å²) < 4.78 is 12.9. The Balaban J connectivity index is 1.69. The number of ether oxygens (including phenoxy) is 2. The molecule has 0 bridgehead atoms. The van der Waals surface area contributed by atoms with Gasteiger partial charge in [-0.1, -0.05) is 0 Å². The van der Waals surface area contributed by atoms with Crippen LogP contribution in [0.3, 0.4) is 0 Å². The molecule has 0 radical (unpaired) electrons. The second-order valence-corrected chi connectivity index (χ2v) is 4.92. The molecular weight excluding hydrogens is 234 g/mol. The highest BCUT2D eigenvalue weighted by Crippen LogP contribution is 2.21. The van der Waals surface area contributed by atoms with Crippen LogP contribution in [0.15, 0.2) is 12.4 Å². The van der Waals surface area contributed by atoms with E-state index in [1.54, 1.807) is 10.9 Å². The van der Waals surface area contributed by atoms with Crippen LogP contribution in [0.1, 0.15) is 19.4 Å². The van der Waals surface area contributed by atoms with E-state index < -0.39 is 5.79 Å². The smallest absolute Gasteiger partial charge is 0.163 e. The molecule has 1 aromatic heterocycles. The Bertz CT molecular complexity index is 378. The van der Waals surface area contributed by atoms with Crippen LogP contribution in [0.4, 0.5) is 0 Å². The first kappa shape index (κ1) is 13.5. The fourth-order valence-corrected chi connectivity index (χ4v) is 1.96. The van der Waals surface area contributed by atoms with Crippen molar-refractivity contribution in [3.63, 3.8) is 0 Å². The molecule has 18 heavy (non-hydrogen) atoms. The number of aliphatic hydroxyl groups excluding tert-OH is 1. The lowest BCUT2D eigenvalue weighted by molar-refractivity contribution is -0.137. The first-order chi connectivity index (χ1) is 8.59. The maximum absolute atomic E-state index is 8.79. The van der Waals surface area contributed by atoms with Gasteiger partial charge in [-0.05, 0) is 13.8 Å². The zero-order chi connectivity index (χ0) is 13.0. The second-order valence-electron chi connectivity index (χ2n) is 4.92. The third-order valence-corrected chi connectivity index (χ3v) is 2.78. The van der Waals surface area contributed by atoms with E-state index in [-0.39, 0.29) is 12.7 Å². The maximum atomic E-state index is 8.79. The topological polar surface area (TPSA) is 68.5 Å². The average Bonchev–Trinajstić information content (AvgIpc) is 2.87. The van der Waals surface area contributed by atoms with Gasteiger partial charge in [-0.15, -0.1) is 0 Å². The van der Waals surface area contributed by atoms with E-state index >= 15 is 0 Å². The van der Waals surface area contributed by atoms with Crippen LogP contribution in [0, 0.1) is 0 Å². The minimum atomic E-state index is -0.460. The Kier molecular flexibility index (Phi) is 4.34. The molecule has 2 N–H and O–H groups in total. The Morgan fingerprint density at radius 2 is 2.44 bits per heavy atom. The van der Waals surface area contributed by atoms with Crippen LogP contribution >= 0.6 is 0 Å². The zero-order valence-electron chi connectivity index (χ0n) is 10.9. The summed E-state index contributed by atoms with van der Waals surface area (Å²) in [6.07, 6.45) is 3.84. The minimum absolute atomic E-state index is 0.104. The van der Waals surface area contributed by atoms with Gasteiger partial charge in [0.25, 0.3) is 0 Å². The van der Waals surface area contributed by atoms with E-state index in [0.717, 1.165) is 18.7 Å². The number of aliphatic hydroxyl groups is 1. The molecule has 102 valence electrons. The molecule has 2 rings (SSSR count). The standard InChI is InChI=1S/C12H21N3O3/c1-12(2)17-9-11(18-12)7-13-5-10-6-14-15(8-10)3-4-16/h6,8,11,13,16H,3-5,7,9H2,1-2H3. The summed E-state index contributed by atoms with van der Waals surface area (Å²) in [7, 11) is 0. The third kappa shape index (κ3) is 3.78. The molecule has 1 atom stereocenters. The lowest BCUT2D eigenvalue weighted by atomic mass is 10.3. The first-order valence-electron chi connectivity index (χ1n) is 6.24. The van der Waals surface area contributed by atoms with Crippen molar-refractivity contribution in [2.45, 2.75) is 38.8 Å². The number of nitrogens with zero attached hydrogens (tertiary/aromatic N) is 2. The minimum Gasteiger partial charge on any atom is -0.394 e. The SMILES string of the molecule is CC1(C)OCC(CNCc2cnn(CCO)c2)O1. The summed E-state index contributed by atoms with van der Waals surface area (Å²) in [5.41, 5.74) is 1.10. The quantitative estimate of drug-likeness (QED) is 0.755. The van der Waals surface area contributed by atoms with Crippen molar-refractivity contribution in [3.05, 3.63) is 18.0 Å². The predicted octanol–water partition coefficient (Wildman–Crippen LogP) is 0.116. The van der Waals surface area contributed by atoms with E-state index in [2.05, 4.69) is 10.4 Å². The Labute approximate surface area is 107 Å². The summed E-state index contributed by atoms with van der Waals surface area (Å²) in [5.74, 6) is -0.460. The van der Waals surface area contributed by atoms with Crippen molar-refractivity contribution >= 4 is 0 Å². The summed E-state index contributed by atoms with van der Waals surface area (Å²) in [6.45, 7) is 6.62. The maximum Gasteiger partial charge on any atom is 0.163 e. The molecule has 1 saturated heterocycles. The lowest BCUT2D eigenvalue weighted by Gasteiger charge is -2.17. The summed E-state index contributed by atoms with van der Waals surface area (Å²) >= 11 is 0. The molecule has 1 aliphatic heterocycles. The van der Waals surface area contributed by atoms with E-state index in [4.69, 9.17) is 14.6 Å². The van der Waals surface area contributed by atoms with Gasteiger partial charge in [-0.25, -0.2) is 0 Å². The molecule has 2 heterocycles. The number of aromatic nitrogens is 2. The van der Waals surface area contributed by atoms with Crippen molar-refractivity contribution in [1.82, 2.24) is 15.1 Å². The Hall–Kier alpha value is -0.950. The fraction of sp³-hybridized carbons (Fsp3) is 0.750. The van der Waals surface area contributed by atoms with Gasteiger partial charge < -0.3 is 19.9 Å². The van der Waals surface area contributed by atoms with Crippen molar-refractivity contribution in [2.75, 3.05) is 19.8 Å². The highest BCUT2D eigenvalue weighted by Gasteiger charge is 2.32. The molecule has 6 nitrogen and oxygen atoms in total. The van der Waals surface area contributed by atoms with E-state index in [1.807, 2.05) is 20.0 Å². The van der Waals surface area contributed by atoms with Crippen molar-refractivity contribution < 1.29 is 14.6 Å². The van der Waals surface area contributed by atoms with Gasteiger partial charge in [-0.3, -0.25) is 4.68 Å². The number of hydrogen-bond donors (Lipinski definition) is 2. The van der Waals surface area contributed by atoms with Gasteiger partial charge in [0.05, 0.1) is 32.1 Å². The second kappa shape index (κ2) is 5.79. The Morgan fingerprint density at radius 1 is 1.61 bits per heavy atom. The molecule has 0 aromatic carbocycles. The monoisotopic (exact) mass is 255 g/mol. The summed E-state index contributed by atoms with van der Waals surface area (Å²) in [4.78, 5) is 0. The van der Waals surface area contributed by atoms with Gasteiger partial charge in [0.2, 0.25) is 0 Å². The molecule has 6 heteroatoms. The average molecular weight is 255 g/mol. The van der Waals surface area contributed by atoms with Crippen LogP contribution in [0.5, 0.6) is 0 Å². The lowest BCUT2D eigenvalue weighted by Crippen LogP contribution is -2.30. The van der Waals surface area contributed by atoms with Gasteiger partial charge >= 0.3 is 0 Å². The van der Waals surface area contributed by atoms with Gasteiger partial charge in [0.15, 0.2) is 5.79 Å². The molecule has 1 aromatic rings. The third-order valence-electron chi connectivity index (χ3n) is 2.78. The van der Waals surface area contributed by atoms with E-state index in [0.29, 0.717) is 13.2 Å². The van der Waals surface area contributed by atoms with Crippen LogP contribution < -0.4 is 5.32 Å². The number of hydrogen-bond acceptors (Lipinski definition) is 5. The molecule has 1 aliphatic rings. The summed E-state index contributed by atoms with van der Waals surface area (Å²) in [5, 5.41) is 16.2. The summed E-state index contributed by atoms with van der Waals surface area (Å²) in [6, 6.07) is 0. The molecule has 0 saturated carbocycles. The molecule has 0 aliphatic carbocycles. The molecule has 1 unspecified atom stereocenters.